The van der Waals surface area contributed by atoms with Crippen LogP contribution >= 0.6 is 0 Å². The maximum Gasteiger partial charge on any atom is 0.0562 e. The van der Waals surface area contributed by atoms with Crippen LogP contribution in [-0.4, -0.2) is 32.1 Å². The molecule has 0 radical (unpaired) electrons. The highest BCUT2D eigenvalue weighted by atomic mass is 14.9. The van der Waals surface area contributed by atoms with Gasteiger partial charge in [-0.15, -0.1) is 0 Å². The number of nitrogens with one attached hydrogen (secondary N) is 1. The summed E-state index contributed by atoms with van der Waals surface area (Å²) in [5, 5.41) is 5.64. The van der Waals surface area contributed by atoms with E-state index in [1.165, 1.54) is 10.8 Å². The molecule has 0 saturated carbocycles. The Bertz CT molecular complexity index is 842. The van der Waals surface area contributed by atoms with Gasteiger partial charge in [-0.1, -0.05) is 43.0 Å². The van der Waals surface area contributed by atoms with E-state index < -0.39 is 0 Å². The van der Waals surface area contributed by atoms with Crippen molar-refractivity contribution in [3.05, 3.63) is 84.1 Å². The van der Waals surface area contributed by atoms with Crippen LogP contribution in [0.25, 0.3) is 10.8 Å². The molecule has 0 spiro atoms. The van der Waals surface area contributed by atoms with Crippen LogP contribution in [0.4, 0.5) is 0 Å². The molecule has 134 valence electrons. The van der Waals surface area contributed by atoms with Crippen LogP contribution in [0.15, 0.2) is 83.0 Å². The highest BCUT2D eigenvalue weighted by molar-refractivity contribution is 5.94. The third-order valence-corrected chi connectivity index (χ3v) is 3.73. The molecular weight excluding hydrogens is 318 g/mol. The standard InChI is InChI=1S/C23H27N3/c1-4-6-19(3)11-12-25-13-14-26-18-21-8-10-22-15-20(17-24-5-2)7-9-23(22)16-21/h4,6-12,15-18,25H,3,5,13-14H2,1-2H3/b6-4-,12-11+,24-17?,26-18?. The second-order valence-electron chi connectivity index (χ2n) is 5.89. The number of allylic oxidation sites excluding steroid dienone is 4. The average Bonchev–Trinajstić information content (AvgIpc) is 2.65. The Morgan fingerprint density at radius 1 is 1.00 bits per heavy atom. The Morgan fingerprint density at radius 3 is 2.27 bits per heavy atom. The molecule has 0 aliphatic heterocycles. The topological polar surface area (TPSA) is 36.8 Å². The van der Waals surface area contributed by atoms with Gasteiger partial charge in [0.15, 0.2) is 0 Å². The molecule has 0 unspecified atom stereocenters. The van der Waals surface area contributed by atoms with Crippen molar-refractivity contribution in [1.29, 1.82) is 0 Å². The summed E-state index contributed by atoms with van der Waals surface area (Å²) in [6.07, 6.45) is 11.6. The smallest absolute Gasteiger partial charge is 0.0562 e. The number of benzene rings is 2. The van der Waals surface area contributed by atoms with Gasteiger partial charge in [-0.2, -0.15) is 0 Å². The van der Waals surface area contributed by atoms with Crippen LogP contribution in [0.1, 0.15) is 25.0 Å². The van der Waals surface area contributed by atoms with E-state index in [9.17, 15) is 0 Å². The van der Waals surface area contributed by atoms with Crippen LogP contribution in [0.3, 0.4) is 0 Å². The summed E-state index contributed by atoms with van der Waals surface area (Å²) >= 11 is 0. The molecule has 3 nitrogen and oxygen atoms in total. The van der Waals surface area contributed by atoms with E-state index in [2.05, 4.69) is 58.3 Å². The van der Waals surface area contributed by atoms with Gasteiger partial charge in [0.05, 0.1) is 6.54 Å². The molecule has 3 heteroatoms. The van der Waals surface area contributed by atoms with E-state index >= 15 is 0 Å². The third kappa shape index (κ3) is 6.52. The molecule has 0 aliphatic carbocycles. The second kappa shape index (κ2) is 10.8. The average molecular weight is 345 g/mol. The van der Waals surface area contributed by atoms with Gasteiger partial charge in [0.25, 0.3) is 0 Å². The lowest BCUT2D eigenvalue weighted by Gasteiger charge is -2.02. The SMILES string of the molecule is C=C(/C=C\C)/C=C/NCCN=Cc1ccc2cc(C=NCC)ccc2c1. The summed E-state index contributed by atoms with van der Waals surface area (Å²) in [6.45, 7) is 10.3. The minimum absolute atomic E-state index is 0.727. The first kappa shape index (κ1) is 19.4. The molecular formula is C23H27N3. The molecule has 2 rings (SSSR count). The maximum absolute atomic E-state index is 4.48. The molecule has 0 fully saturated rings. The molecule has 0 saturated heterocycles. The molecule has 2 aromatic rings. The van der Waals surface area contributed by atoms with E-state index in [-0.39, 0.29) is 0 Å². The first-order valence-corrected chi connectivity index (χ1v) is 8.98. The Morgan fingerprint density at radius 2 is 1.65 bits per heavy atom. The van der Waals surface area contributed by atoms with Crippen molar-refractivity contribution in [2.24, 2.45) is 9.98 Å². The summed E-state index contributed by atoms with van der Waals surface area (Å²) < 4.78 is 0. The highest BCUT2D eigenvalue weighted by Gasteiger charge is 1.96. The first-order valence-electron chi connectivity index (χ1n) is 8.98. The van der Waals surface area contributed by atoms with E-state index in [1.54, 1.807) is 0 Å². The molecule has 0 aromatic heterocycles. The van der Waals surface area contributed by atoms with Crippen molar-refractivity contribution < 1.29 is 0 Å². The van der Waals surface area contributed by atoms with Crippen molar-refractivity contribution >= 4 is 23.2 Å². The molecule has 0 atom stereocenters. The lowest BCUT2D eigenvalue weighted by Crippen LogP contribution is -2.09. The number of aliphatic imine (C=N–C) groups is 2. The Balaban J connectivity index is 1.87. The van der Waals surface area contributed by atoms with Gasteiger partial charge in [-0.3, -0.25) is 9.98 Å². The normalized spacial score (nSPS) is 12.2. The zero-order valence-electron chi connectivity index (χ0n) is 15.7. The van der Waals surface area contributed by atoms with Crippen LogP contribution < -0.4 is 5.32 Å². The predicted octanol–water partition coefficient (Wildman–Crippen LogP) is 4.93. The summed E-state index contributed by atoms with van der Waals surface area (Å²) in [5.41, 5.74) is 3.23. The van der Waals surface area contributed by atoms with Crippen molar-refractivity contribution in [1.82, 2.24) is 5.32 Å². The van der Waals surface area contributed by atoms with E-state index in [0.717, 1.165) is 36.3 Å². The van der Waals surface area contributed by atoms with Crippen LogP contribution in [0, 0.1) is 0 Å². The molecule has 0 bridgehead atoms. The highest BCUT2D eigenvalue weighted by Crippen LogP contribution is 2.16. The van der Waals surface area contributed by atoms with Crippen molar-refractivity contribution in [3.63, 3.8) is 0 Å². The van der Waals surface area contributed by atoms with E-state index in [1.807, 2.05) is 50.7 Å². The zero-order chi connectivity index (χ0) is 18.6. The van der Waals surface area contributed by atoms with Crippen molar-refractivity contribution in [2.75, 3.05) is 19.6 Å². The van der Waals surface area contributed by atoms with Gasteiger partial charge in [0.1, 0.15) is 0 Å². The van der Waals surface area contributed by atoms with E-state index in [4.69, 9.17) is 0 Å². The second-order valence-corrected chi connectivity index (χ2v) is 5.89. The fraction of sp³-hybridized carbons (Fsp3) is 0.217. The maximum atomic E-state index is 4.48. The molecule has 0 amide bonds. The third-order valence-electron chi connectivity index (χ3n) is 3.73. The van der Waals surface area contributed by atoms with Crippen LogP contribution in [-0.2, 0) is 0 Å². The number of rotatable bonds is 9. The minimum atomic E-state index is 0.727. The van der Waals surface area contributed by atoms with Gasteiger partial charge >= 0.3 is 0 Å². The number of nitrogens with zero attached hydrogens (tertiary/aromatic N) is 2. The van der Waals surface area contributed by atoms with Gasteiger partial charge in [0, 0.05) is 25.5 Å². The molecule has 2 aromatic carbocycles. The Hall–Kier alpha value is -2.94. The summed E-state index contributed by atoms with van der Waals surface area (Å²) in [5.74, 6) is 0. The Kier molecular flexibility index (Phi) is 8.07. The fourth-order valence-electron chi connectivity index (χ4n) is 2.46. The molecule has 0 heterocycles. The quantitative estimate of drug-likeness (QED) is 0.390. The summed E-state index contributed by atoms with van der Waals surface area (Å²) in [7, 11) is 0. The Labute approximate surface area is 156 Å². The van der Waals surface area contributed by atoms with E-state index in [0.29, 0.717) is 0 Å². The monoisotopic (exact) mass is 345 g/mol. The van der Waals surface area contributed by atoms with Crippen LogP contribution in [0.2, 0.25) is 0 Å². The number of hydrogen-bond acceptors (Lipinski definition) is 3. The zero-order valence-corrected chi connectivity index (χ0v) is 15.7. The van der Waals surface area contributed by atoms with Crippen LogP contribution in [0.5, 0.6) is 0 Å². The first-order chi connectivity index (χ1) is 12.7. The number of hydrogen-bond donors (Lipinski definition) is 1. The minimum Gasteiger partial charge on any atom is -0.389 e. The molecule has 0 aliphatic rings. The van der Waals surface area contributed by atoms with Gasteiger partial charge in [-0.05, 0) is 65.7 Å². The fourth-order valence-corrected chi connectivity index (χ4v) is 2.46. The summed E-state index contributed by atoms with van der Waals surface area (Å²) in [4.78, 5) is 8.77. The molecule has 26 heavy (non-hydrogen) atoms. The van der Waals surface area contributed by atoms with Gasteiger partial charge in [-0.25, -0.2) is 0 Å². The predicted molar refractivity (Wildman–Crippen MR) is 116 cm³/mol. The van der Waals surface area contributed by atoms with Gasteiger partial charge < -0.3 is 5.32 Å². The lowest BCUT2D eigenvalue weighted by molar-refractivity contribution is 0.845. The molecule has 1 N–H and O–H groups in total. The van der Waals surface area contributed by atoms with Crippen molar-refractivity contribution in [3.8, 4) is 0 Å². The number of fused-ring (bicyclic) bond motifs is 1. The summed E-state index contributed by atoms with van der Waals surface area (Å²) in [6, 6.07) is 12.8. The lowest BCUT2D eigenvalue weighted by atomic mass is 10.0. The van der Waals surface area contributed by atoms with Crippen molar-refractivity contribution in [2.45, 2.75) is 13.8 Å². The largest absolute Gasteiger partial charge is 0.389 e. The van der Waals surface area contributed by atoms with Gasteiger partial charge in [0.2, 0.25) is 0 Å².